The normalized spacial score (nSPS) is 22.8. The van der Waals surface area contributed by atoms with Crippen molar-refractivity contribution in [2.45, 2.75) is 19.9 Å². The standard InChI is InChI=1S/C15H24N6O2/c1-2-19-10-13(9-14(19)22)15(23)20-6-3-18(4-7-20)5-8-21-12-16-11-17-21/h11-13H,2-10H2,1H3/t13-/m1/s1. The molecule has 2 saturated heterocycles. The molecule has 0 aliphatic carbocycles. The Balaban J connectivity index is 1.43. The average Bonchev–Trinajstić information content (AvgIpc) is 3.22. The zero-order chi connectivity index (χ0) is 16.2. The highest BCUT2D eigenvalue weighted by molar-refractivity contribution is 5.89. The Kier molecular flexibility index (Phi) is 4.90. The molecular weight excluding hydrogens is 296 g/mol. The molecule has 0 saturated carbocycles. The first-order valence-electron chi connectivity index (χ1n) is 8.28. The van der Waals surface area contributed by atoms with Gasteiger partial charge in [-0.15, -0.1) is 0 Å². The van der Waals surface area contributed by atoms with Crippen LogP contribution >= 0.6 is 0 Å². The second-order valence-corrected chi connectivity index (χ2v) is 6.16. The number of rotatable bonds is 5. The van der Waals surface area contributed by atoms with Gasteiger partial charge in [0.1, 0.15) is 12.7 Å². The summed E-state index contributed by atoms with van der Waals surface area (Å²) >= 11 is 0. The monoisotopic (exact) mass is 320 g/mol. The predicted octanol–water partition coefficient (Wildman–Crippen LogP) is -0.709. The van der Waals surface area contributed by atoms with E-state index in [0.29, 0.717) is 19.5 Å². The zero-order valence-electron chi connectivity index (χ0n) is 13.6. The average molecular weight is 320 g/mol. The van der Waals surface area contributed by atoms with Gasteiger partial charge in [-0.1, -0.05) is 0 Å². The van der Waals surface area contributed by atoms with Crippen LogP contribution in [0.15, 0.2) is 12.7 Å². The third-order valence-corrected chi connectivity index (χ3v) is 4.74. The van der Waals surface area contributed by atoms with Gasteiger partial charge < -0.3 is 9.80 Å². The van der Waals surface area contributed by atoms with Crippen LogP contribution in [0.4, 0.5) is 0 Å². The van der Waals surface area contributed by atoms with Crippen molar-refractivity contribution in [3.63, 3.8) is 0 Å². The Morgan fingerprint density at radius 1 is 1.26 bits per heavy atom. The first-order chi connectivity index (χ1) is 11.2. The summed E-state index contributed by atoms with van der Waals surface area (Å²) in [5.74, 6) is 0.103. The van der Waals surface area contributed by atoms with Crippen molar-refractivity contribution in [3.05, 3.63) is 12.7 Å². The maximum absolute atomic E-state index is 12.6. The van der Waals surface area contributed by atoms with Crippen LogP contribution in [0.25, 0.3) is 0 Å². The lowest BCUT2D eigenvalue weighted by atomic mass is 10.1. The smallest absolute Gasteiger partial charge is 0.228 e. The summed E-state index contributed by atoms with van der Waals surface area (Å²) in [7, 11) is 0. The van der Waals surface area contributed by atoms with Crippen LogP contribution < -0.4 is 0 Å². The van der Waals surface area contributed by atoms with Gasteiger partial charge in [0.2, 0.25) is 11.8 Å². The van der Waals surface area contributed by atoms with E-state index in [9.17, 15) is 9.59 Å². The second-order valence-electron chi connectivity index (χ2n) is 6.16. The van der Waals surface area contributed by atoms with E-state index in [1.54, 1.807) is 17.6 Å². The molecule has 1 atom stereocenters. The summed E-state index contributed by atoms with van der Waals surface area (Å²) in [5.41, 5.74) is 0. The highest BCUT2D eigenvalue weighted by atomic mass is 16.2. The van der Waals surface area contributed by atoms with Crippen molar-refractivity contribution in [3.8, 4) is 0 Å². The van der Waals surface area contributed by atoms with Crippen LogP contribution in [0.1, 0.15) is 13.3 Å². The number of carbonyl (C=O) groups excluding carboxylic acids is 2. The number of amides is 2. The summed E-state index contributed by atoms with van der Waals surface area (Å²) in [6.07, 6.45) is 3.63. The van der Waals surface area contributed by atoms with Gasteiger partial charge >= 0.3 is 0 Å². The van der Waals surface area contributed by atoms with Gasteiger partial charge in [0.05, 0.1) is 12.5 Å². The van der Waals surface area contributed by atoms with Crippen molar-refractivity contribution < 1.29 is 9.59 Å². The molecular formula is C15H24N6O2. The Labute approximate surface area is 136 Å². The first kappa shape index (κ1) is 15.9. The van der Waals surface area contributed by atoms with Crippen molar-refractivity contribution >= 4 is 11.8 Å². The maximum Gasteiger partial charge on any atom is 0.228 e. The molecule has 0 N–H and O–H groups in total. The van der Waals surface area contributed by atoms with E-state index < -0.39 is 0 Å². The highest BCUT2D eigenvalue weighted by Crippen LogP contribution is 2.20. The number of piperazine rings is 1. The fourth-order valence-corrected chi connectivity index (χ4v) is 3.29. The van der Waals surface area contributed by atoms with E-state index >= 15 is 0 Å². The predicted molar refractivity (Wildman–Crippen MR) is 83.4 cm³/mol. The lowest BCUT2D eigenvalue weighted by Crippen LogP contribution is -2.51. The molecule has 2 aliphatic heterocycles. The van der Waals surface area contributed by atoms with Crippen LogP contribution in [0.2, 0.25) is 0 Å². The summed E-state index contributed by atoms with van der Waals surface area (Å²) < 4.78 is 1.82. The van der Waals surface area contributed by atoms with Gasteiger partial charge in [0, 0.05) is 52.2 Å². The number of likely N-dealkylation sites (tertiary alicyclic amines) is 1. The van der Waals surface area contributed by atoms with Gasteiger partial charge in [-0.3, -0.25) is 19.2 Å². The number of hydrogen-bond donors (Lipinski definition) is 0. The molecule has 8 heteroatoms. The number of aromatic nitrogens is 3. The number of nitrogens with zero attached hydrogens (tertiary/aromatic N) is 6. The summed E-state index contributed by atoms with van der Waals surface area (Å²) in [5, 5.41) is 4.10. The molecule has 0 aromatic carbocycles. The molecule has 2 amide bonds. The van der Waals surface area contributed by atoms with Crippen molar-refractivity contribution in [2.75, 3.05) is 45.8 Å². The van der Waals surface area contributed by atoms with E-state index in [4.69, 9.17) is 0 Å². The topological polar surface area (TPSA) is 74.6 Å². The summed E-state index contributed by atoms with van der Waals surface area (Å²) in [4.78, 5) is 34.3. The molecule has 0 radical (unpaired) electrons. The van der Waals surface area contributed by atoms with Gasteiger partial charge in [0.25, 0.3) is 0 Å². The Morgan fingerprint density at radius 2 is 2.04 bits per heavy atom. The van der Waals surface area contributed by atoms with Crippen LogP contribution in [0, 0.1) is 5.92 Å². The van der Waals surface area contributed by atoms with E-state index in [-0.39, 0.29) is 17.7 Å². The molecule has 3 heterocycles. The molecule has 0 bridgehead atoms. The molecule has 23 heavy (non-hydrogen) atoms. The maximum atomic E-state index is 12.6. The molecule has 3 rings (SSSR count). The van der Waals surface area contributed by atoms with Gasteiger partial charge in [0.15, 0.2) is 0 Å². The van der Waals surface area contributed by atoms with E-state index in [2.05, 4.69) is 15.0 Å². The van der Waals surface area contributed by atoms with Gasteiger partial charge in [-0.2, -0.15) is 5.10 Å². The Hall–Kier alpha value is -1.96. The molecule has 0 spiro atoms. The summed E-state index contributed by atoms with van der Waals surface area (Å²) in [6.45, 7) is 8.20. The first-order valence-corrected chi connectivity index (χ1v) is 8.28. The van der Waals surface area contributed by atoms with Crippen LogP contribution in [-0.2, 0) is 16.1 Å². The minimum Gasteiger partial charge on any atom is -0.342 e. The third-order valence-electron chi connectivity index (χ3n) is 4.74. The molecule has 126 valence electrons. The van der Waals surface area contributed by atoms with E-state index in [1.807, 2.05) is 16.5 Å². The lowest BCUT2D eigenvalue weighted by molar-refractivity contribution is -0.137. The molecule has 2 fully saturated rings. The molecule has 8 nitrogen and oxygen atoms in total. The van der Waals surface area contributed by atoms with Crippen molar-refractivity contribution in [1.29, 1.82) is 0 Å². The SMILES string of the molecule is CCN1C[C@H](C(=O)N2CCN(CCn3cncn3)CC2)CC1=O. The second kappa shape index (κ2) is 7.08. The van der Waals surface area contributed by atoms with Gasteiger partial charge in [-0.25, -0.2) is 4.98 Å². The van der Waals surface area contributed by atoms with Gasteiger partial charge in [-0.05, 0) is 6.92 Å². The van der Waals surface area contributed by atoms with Crippen molar-refractivity contribution in [1.82, 2.24) is 29.5 Å². The Bertz CT molecular complexity index is 538. The minimum absolute atomic E-state index is 0.109. The van der Waals surface area contributed by atoms with E-state index in [0.717, 1.165) is 39.3 Å². The quantitative estimate of drug-likeness (QED) is 0.716. The minimum atomic E-state index is -0.149. The fourth-order valence-electron chi connectivity index (χ4n) is 3.29. The number of carbonyl (C=O) groups is 2. The molecule has 1 aromatic heterocycles. The molecule has 2 aliphatic rings. The van der Waals surface area contributed by atoms with Crippen molar-refractivity contribution in [2.24, 2.45) is 5.92 Å². The van der Waals surface area contributed by atoms with E-state index in [1.165, 1.54) is 0 Å². The van der Waals surface area contributed by atoms with Crippen LogP contribution in [0.5, 0.6) is 0 Å². The third kappa shape index (κ3) is 3.69. The summed E-state index contributed by atoms with van der Waals surface area (Å²) in [6, 6.07) is 0. The molecule has 0 unspecified atom stereocenters. The fraction of sp³-hybridized carbons (Fsp3) is 0.733. The Morgan fingerprint density at radius 3 is 2.65 bits per heavy atom. The van der Waals surface area contributed by atoms with Crippen LogP contribution in [0.3, 0.4) is 0 Å². The largest absolute Gasteiger partial charge is 0.342 e. The lowest BCUT2D eigenvalue weighted by Gasteiger charge is -2.35. The number of hydrogen-bond acceptors (Lipinski definition) is 5. The highest BCUT2D eigenvalue weighted by Gasteiger charge is 2.36. The van der Waals surface area contributed by atoms with Crippen LogP contribution in [-0.4, -0.2) is 87.1 Å². The molecule has 1 aromatic rings. The zero-order valence-corrected chi connectivity index (χ0v) is 13.6.